The molecule has 10 nitrogen and oxygen atoms in total. The Balaban J connectivity index is 2.09. The van der Waals surface area contributed by atoms with Crippen molar-refractivity contribution in [3.63, 3.8) is 0 Å². The Morgan fingerprint density at radius 1 is 1.20 bits per heavy atom. The topological polar surface area (TPSA) is 129 Å². The highest BCUT2D eigenvalue weighted by Crippen LogP contribution is 2.22. The molecule has 0 saturated heterocycles. The summed E-state index contributed by atoms with van der Waals surface area (Å²) in [5.41, 5.74) is 0. The second kappa shape index (κ2) is 8.09. The first kappa shape index (κ1) is 18.9. The van der Waals surface area contributed by atoms with E-state index in [9.17, 15) is 13.2 Å². The maximum Gasteiger partial charge on any atom is 0.349 e. The largest absolute Gasteiger partial charge is 0.481 e. The van der Waals surface area contributed by atoms with Gasteiger partial charge in [0.1, 0.15) is 9.77 Å². The van der Waals surface area contributed by atoms with E-state index >= 15 is 0 Å². The summed E-state index contributed by atoms with van der Waals surface area (Å²) < 4.78 is 41.5. The van der Waals surface area contributed by atoms with Gasteiger partial charge in [0.05, 0.1) is 34.1 Å². The van der Waals surface area contributed by atoms with Gasteiger partial charge in [-0.1, -0.05) is 0 Å². The molecule has 0 atom stereocenters. The minimum Gasteiger partial charge on any atom is -0.481 e. The highest BCUT2D eigenvalue weighted by atomic mass is 32.2. The third-order valence-corrected chi connectivity index (χ3v) is 5.36. The molecule has 2 aromatic rings. The number of hydrogen-bond donors (Lipinski definition) is 2. The molecule has 25 heavy (non-hydrogen) atoms. The second-order valence-corrected chi connectivity index (χ2v) is 7.03. The number of aromatic nitrogens is 2. The van der Waals surface area contributed by atoms with Crippen LogP contribution in [0.1, 0.15) is 9.67 Å². The summed E-state index contributed by atoms with van der Waals surface area (Å²) in [6.45, 7) is -0.213. The molecule has 0 aromatic carbocycles. The second-order valence-electron chi connectivity index (χ2n) is 4.38. The number of rotatable bonds is 8. The highest BCUT2D eigenvalue weighted by Gasteiger charge is 2.24. The van der Waals surface area contributed by atoms with E-state index in [2.05, 4.69) is 24.7 Å². The number of sulfonamides is 1. The van der Waals surface area contributed by atoms with Crippen LogP contribution in [0.4, 0.5) is 5.95 Å². The molecule has 0 bridgehead atoms. The van der Waals surface area contributed by atoms with E-state index in [-0.39, 0.29) is 34.1 Å². The number of anilines is 1. The van der Waals surface area contributed by atoms with Crippen LogP contribution in [0.25, 0.3) is 0 Å². The van der Waals surface area contributed by atoms with Crippen molar-refractivity contribution in [2.75, 3.05) is 33.3 Å². The van der Waals surface area contributed by atoms with Crippen LogP contribution in [-0.4, -0.2) is 52.4 Å². The third-order valence-electron chi connectivity index (χ3n) is 2.90. The number of carbonyl (C=O) groups is 1. The van der Waals surface area contributed by atoms with Crippen LogP contribution in [0.2, 0.25) is 0 Å². The molecule has 2 N–H and O–H groups in total. The average Bonchev–Trinajstić information content (AvgIpc) is 3.11. The SMILES string of the molecule is COC(=O)c1sccc1S(=O)(=O)NCNc1nc(OC)cc(OC)n1. The summed E-state index contributed by atoms with van der Waals surface area (Å²) in [6.07, 6.45) is 0. The van der Waals surface area contributed by atoms with E-state index in [1.165, 1.54) is 38.8 Å². The van der Waals surface area contributed by atoms with Crippen molar-refractivity contribution in [3.8, 4) is 11.8 Å². The minimum atomic E-state index is -3.93. The molecule has 0 aliphatic rings. The van der Waals surface area contributed by atoms with Gasteiger partial charge < -0.3 is 19.5 Å². The number of esters is 1. The summed E-state index contributed by atoms with van der Waals surface area (Å²) in [5.74, 6) is -0.104. The van der Waals surface area contributed by atoms with E-state index in [0.29, 0.717) is 0 Å². The first-order valence-corrected chi connectivity index (χ1v) is 9.14. The van der Waals surface area contributed by atoms with Crippen LogP contribution in [0.5, 0.6) is 11.8 Å². The number of hydrogen-bond acceptors (Lipinski definition) is 10. The molecule has 0 radical (unpaired) electrons. The molecule has 136 valence electrons. The lowest BCUT2D eigenvalue weighted by Gasteiger charge is -2.10. The van der Waals surface area contributed by atoms with Gasteiger partial charge in [0.15, 0.2) is 0 Å². The predicted molar refractivity (Wildman–Crippen MR) is 89.6 cm³/mol. The molecule has 0 fully saturated rings. The van der Waals surface area contributed by atoms with Gasteiger partial charge >= 0.3 is 5.97 Å². The molecule has 2 aromatic heterocycles. The van der Waals surface area contributed by atoms with E-state index in [0.717, 1.165) is 11.3 Å². The lowest BCUT2D eigenvalue weighted by molar-refractivity contribution is 0.0602. The third kappa shape index (κ3) is 4.55. The summed E-state index contributed by atoms with van der Waals surface area (Å²) in [4.78, 5) is 19.5. The Hall–Kier alpha value is -2.44. The van der Waals surface area contributed by atoms with Crippen molar-refractivity contribution >= 4 is 33.3 Å². The number of methoxy groups -OCH3 is 3. The van der Waals surface area contributed by atoms with Crippen LogP contribution >= 0.6 is 11.3 Å². The van der Waals surface area contributed by atoms with Crippen molar-refractivity contribution < 1.29 is 27.4 Å². The number of nitrogens with one attached hydrogen (secondary N) is 2. The standard InChI is InChI=1S/C13H16N4O6S2/c1-21-9-6-10(22-2)17-13(16-9)14-7-15-25(19,20)8-4-5-24-11(8)12(18)23-3/h4-6,15H,7H2,1-3H3,(H,14,16,17). The fraction of sp³-hybridized carbons (Fsp3) is 0.308. The molecular weight excluding hydrogens is 372 g/mol. The van der Waals surface area contributed by atoms with Crippen LogP contribution in [0.15, 0.2) is 22.4 Å². The van der Waals surface area contributed by atoms with Gasteiger partial charge in [-0.2, -0.15) is 14.7 Å². The van der Waals surface area contributed by atoms with Crippen molar-refractivity contribution in [1.82, 2.24) is 14.7 Å². The van der Waals surface area contributed by atoms with E-state index in [1.54, 1.807) is 0 Å². The molecule has 0 unspecified atom stereocenters. The number of ether oxygens (including phenoxy) is 3. The lowest BCUT2D eigenvalue weighted by Crippen LogP contribution is -2.30. The fourth-order valence-electron chi connectivity index (χ4n) is 1.73. The molecule has 0 spiro atoms. The molecular formula is C13H16N4O6S2. The molecule has 2 rings (SSSR count). The van der Waals surface area contributed by atoms with Gasteiger partial charge in [0, 0.05) is 0 Å². The molecule has 0 amide bonds. The maximum atomic E-state index is 12.3. The summed E-state index contributed by atoms with van der Waals surface area (Å²) in [5, 5.41) is 4.18. The summed E-state index contributed by atoms with van der Waals surface area (Å²) >= 11 is 0.977. The minimum absolute atomic E-state index is 0.00528. The summed E-state index contributed by atoms with van der Waals surface area (Å²) in [7, 11) is 0.116. The Kier molecular flexibility index (Phi) is 6.12. The van der Waals surface area contributed by atoms with Gasteiger partial charge in [0.2, 0.25) is 27.7 Å². The van der Waals surface area contributed by atoms with E-state index in [4.69, 9.17) is 9.47 Å². The van der Waals surface area contributed by atoms with Crippen molar-refractivity contribution in [2.24, 2.45) is 0 Å². The summed E-state index contributed by atoms with van der Waals surface area (Å²) in [6, 6.07) is 2.80. The van der Waals surface area contributed by atoms with E-state index in [1.807, 2.05) is 0 Å². The van der Waals surface area contributed by atoms with Crippen molar-refractivity contribution in [1.29, 1.82) is 0 Å². The number of nitrogens with zero attached hydrogens (tertiary/aromatic N) is 2. The number of thiophene rings is 1. The molecule has 2 heterocycles. The van der Waals surface area contributed by atoms with Gasteiger partial charge in [-0.3, -0.25) is 0 Å². The monoisotopic (exact) mass is 388 g/mol. The highest BCUT2D eigenvalue weighted by molar-refractivity contribution is 7.89. The smallest absolute Gasteiger partial charge is 0.349 e. The van der Waals surface area contributed by atoms with Gasteiger partial charge in [-0.05, 0) is 11.4 Å². The van der Waals surface area contributed by atoms with Gasteiger partial charge in [-0.25, -0.2) is 13.2 Å². The molecule has 0 aliphatic carbocycles. The zero-order valence-electron chi connectivity index (χ0n) is 13.6. The Bertz CT molecular complexity index is 830. The van der Waals surface area contributed by atoms with Crippen LogP contribution < -0.4 is 19.5 Å². The Morgan fingerprint density at radius 3 is 2.40 bits per heavy atom. The fourth-order valence-corrected chi connectivity index (χ4v) is 3.99. The van der Waals surface area contributed by atoms with Crippen LogP contribution in [0.3, 0.4) is 0 Å². The van der Waals surface area contributed by atoms with Crippen LogP contribution in [0, 0.1) is 0 Å². The quantitative estimate of drug-likeness (QED) is 0.495. The van der Waals surface area contributed by atoms with Crippen LogP contribution in [-0.2, 0) is 14.8 Å². The maximum absolute atomic E-state index is 12.3. The zero-order valence-corrected chi connectivity index (χ0v) is 15.2. The average molecular weight is 388 g/mol. The van der Waals surface area contributed by atoms with Crippen molar-refractivity contribution in [2.45, 2.75) is 4.90 Å². The lowest BCUT2D eigenvalue weighted by atomic mass is 10.5. The zero-order chi connectivity index (χ0) is 18.4. The predicted octanol–water partition coefficient (Wildman–Crippen LogP) is 0.690. The van der Waals surface area contributed by atoms with Crippen molar-refractivity contribution in [3.05, 3.63) is 22.4 Å². The molecule has 12 heteroatoms. The first-order valence-electron chi connectivity index (χ1n) is 6.77. The first-order chi connectivity index (χ1) is 11.9. The molecule has 0 aliphatic heterocycles. The Morgan fingerprint density at radius 2 is 1.84 bits per heavy atom. The number of carbonyl (C=O) groups excluding carboxylic acids is 1. The Labute approximate surface area is 148 Å². The van der Waals surface area contributed by atoms with Gasteiger partial charge in [-0.15, -0.1) is 11.3 Å². The normalized spacial score (nSPS) is 11.0. The van der Waals surface area contributed by atoms with E-state index < -0.39 is 16.0 Å². The molecule has 0 saturated carbocycles. The van der Waals surface area contributed by atoms with Gasteiger partial charge in [0.25, 0.3) is 0 Å².